The molecule has 1 unspecified atom stereocenters. The third-order valence-corrected chi connectivity index (χ3v) is 5.63. The number of hydrogen-bond acceptors (Lipinski definition) is 4. The second kappa shape index (κ2) is 6.32. The highest BCUT2D eigenvalue weighted by atomic mass is 32.1. The molecule has 5 heteroatoms. The minimum atomic E-state index is -0.265. The van der Waals surface area contributed by atoms with E-state index in [1.807, 2.05) is 30.3 Å². The molecule has 0 N–H and O–H groups in total. The molecule has 1 spiro atoms. The first-order valence-electron chi connectivity index (χ1n) is 7.74. The quantitative estimate of drug-likeness (QED) is 0.852. The second-order valence-corrected chi connectivity index (χ2v) is 6.95. The van der Waals surface area contributed by atoms with Crippen molar-refractivity contribution in [3.8, 4) is 0 Å². The number of benzene rings is 1. The van der Waals surface area contributed by atoms with Crippen molar-refractivity contribution in [2.45, 2.75) is 37.5 Å². The summed E-state index contributed by atoms with van der Waals surface area (Å²) in [6.45, 7) is 1.60. The van der Waals surface area contributed by atoms with Crippen LogP contribution in [-0.2, 0) is 16.1 Å². The highest BCUT2D eigenvalue weighted by Gasteiger charge is 2.47. The molecule has 1 aliphatic heterocycles. The standard InChI is InChI=1S/C17H21NO3S/c19-14-10-15(22)17(11-14)6-8-18(9-7-17)16(20)21-12-13-4-2-1-3-5-13/h1-5,15,22H,6-12H2. The third kappa shape index (κ3) is 3.14. The molecule has 1 saturated carbocycles. The minimum Gasteiger partial charge on any atom is -0.445 e. The highest BCUT2D eigenvalue weighted by Crippen LogP contribution is 2.47. The van der Waals surface area contributed by atoms with Gasteiger partial charge in [-0.1, -0.05) is 30.3 Å². The van der Waals surface area contributed by atoms with Crippen LogP contribution in [0.1, 0.15) is 31.2 Å². The number of hydrogen-bond donors (Lipinski definition) is 1. The molecule has 1 amide bonds. The average Bonchev–Trinajstić information content (AvgIpc) is 2.80. The zero-order chi connectivity index (χ0) is 15.6. The van der Waals surface area contributed by atoms with Crippen molar-refractivity contribution in [3.05, 3.63) is 35.9 Å². The maximum absolute atomic E-state index is 12.1. The van der Waals surface area contributed by atoms with Crippen molar-refractivity contribution in [1.29, 1.82) is 0 Å². The van der Waals surface area contributed by atoms with Crippen molar-refractivity contribution >= 4 is 24.5 Å². The van der Waals surface area contributed by atoms with Gasteiger partial charge in [0, 0.05) is 31.2 Å². The molecule has 22 heavy (non-hydrogen) atoms. The van der Waals surface area contributed by atoms with Gasteiger partial charge in [-0.3, -0.25) is 4.79 Å². The molecule has 2 fully saturated rings. The van der Waals surface area contributed by atoms with Gasteiger partial charge in [-0.15, -0.1) is 0 Å². The topological polar surface area (TPSA) is 46.6 Å². The molecule has 0 radical (unpaired) electrons. The lowest BCUT2D eigenvalue weighted by molar-refractivity contribution is -0.118. The lowest BCUT2D eigenvalue weighted by Gasteiger charge is -2.40. The number of Topliss-reactive ketones (excluding diaryl/α,β-unsaturated/α-hetero) is 1. The van der Waals surface area contributed by atoms with E-state index in [9.17, 15) is 9.59 Å². The van der Waals surface area contributed by atoms with Gasteiger partial charge in [-0.05, 0) is 23.8 Å². The van der Waals surface area contributed by atoms with Crippen LogP contribution in [0.3, 0.4) is 0 Å². The Morgan fingerprint density at radius 3 is 2.55 bits per heavy atom. The van der Waals surface area contributed by atoms with E-state index in [1.165, 1.54) is 0 Å². The van der Waals surface area contributed by atoms with Crippen molar-refractivity contribution < 1.29 is 14.3 Å². The molecule has 3 rings (SSSR count). The van der Waals surface area contributed by atoms with Gasteiger partial charge in [-0.25, -0.2) is 4.79 Å². The Kier molecular flexibility index (Phi) is 4.43. The molecule has 1 aromatic carbocycles. The Labute approximate surface area is 136 Å². The molecular formula is C17H21NO3S. The van der Waals surface area contributed by atoms with Crippen LogP contribution < -0.4 is 0 Å². The van der Waals surface area contributed by atoms with Crippen LogP contribution >= 0.6 is 12.6 Å². The Morgan fingerprint density at radius 2 is 1.95 bits per heavy atom. The molecule has 1 saturated heterocycles. The van der Waals surface area contributed by atoms with Crippen molar-refractivity contribution in [1.82, 2.24) is 4.90 Å². The van der Waals surface area contributed by atoms with Crippen LogP contribution in [0.5, 0.6) is 0 Å². The number of likely N-dealkylation sites (tertiary alicyclic amines) is 1. The summed E-state index contributed by atoms with van der Waals surface area (Å²) in [5, 5.41) is 0.141. The predicted octanol–water partition coefficient (Wildman–Crippen LogP) is 3.07. The van der Waals surface area contributed by atoms with E-state index in [0.29, 0.717) is 38.3 Å². The summed E-state index contributed by atoms with van der Waals surface area (Å²) in [5.41, 5.74) is 0.984. The Bertz CT molecular complexity index is 552. The first kappa shape index (κ1) is 15.4. The Hall–Kier alpha value is -1.49. The normalized spacial score (nSPS) is 23.8. The summed E-state index contributed by atoms with van der Waals surface area (Å²) in [5.74, 6) is 0.306. The molecular weight excluding hydrogens is 298 g/mol. The largest absolute Gasteiger partial charge is 0.445 e. The molecule has 1 heterocycles. The predicted molar refractivity (Wildman–Crippen MR) is 86.9 cm³/mol. The van der Waals surface area contributed by atoms with Crippen LogP contribution in [0.25, 0.3) is 0 Å². The number of thiol groups is 1. The average molecular weight is 319 g/mol. The number of carbonyl (C=O) groups is 2. The van der Waals surface area contributed by atoms with Crippen LogP contribution in [0, 0.1) is 5.41 Å². The number of ether oxygens (including phenoxy) is 1. The SMILES string of the molecule is O=C1CC(S)C2(CCN(C(=O)OCc3ccccc3)CC2)C1. The second-order valence-electron chi connectivity index (χ2n) is 6.32. The summed E-state index contributed by atoms with van der Waals surface area (Å²) in [6, 6.07) is 9.67. The lowest BCUT2D eigenvalue weighted by Crippen LogP contribution is -2.45. The monoisotopic (exact) mass is 319 g/mol. The molecule has 1 aliphatic carbocycles. The zero-order valence-corrected chi connectivity index (χ0v) is 13.4. The van der Waals surface area contributed by atoms with Gasteiger partial charge in [0.1, 0.15) is 12.4 Å². The lowest BCUT2D eigenvalue weighted by atomic mass is 9.76. The van der Waals surface area contributed by atoms with E-state index in [1.54, 1.807) is 4.90 Å². The van der Waals surface area contributed by atoms with Crippen molar-refractivity contribution in [3.63, 3.8) is 0 Å². The van der Waals surface area contributed by atoms with Gasteiger partial charge in [0.25, 0.3) is 0 Å². The van der Waals surface area contributed by atoms with Gasteiger partial charge in [0.05, 0.1) is 0 Å². The summed E-state index contributed by atoms with van der Waals surface area (Å²) in [7, 11) is 0. The van der Waals surface area contributed by atoms with Gasteiger partial charge in [0.2, 0.25) is 0 Å². The summed E-state index contributed by atoms with van der Waals surface area (Å²) >= 11 is 4.60. The van der Waals surface area contributed by atoms with Gasteiger partial charge >= 0.3 is 6.09 Å². The molecule has 1 aromatic rings. The maximum atomic E-state index is 12.1. The van der Waals surface area contributed by atoms with Gasteiger partial charge < -0.3 is 9.64 Å². The van der Waals surface area contributed by atoms with Gasteiger partial charge in [-0.2, -0.15) is 12.6 Å². The van der Waals surface area contributed by atoms with E-state index >= 15 is 0 Å². The first-order valence-corrected chi connectivity index (χ1v) is 8.26. The molecule has 2 aliphatic rings. The minimum absolute atomic E-state index is 0.00357. The maximum Gasteiger partial charge on any atom is 0.410 e. The molecule has 0 bridgehead atoms. The van der Waals surface area contributed by atoms with E-state index in [2.05, 4.69) is 12.6 Å². The Morgan fingerprint density at radius 1 is 1.27 bits per heavy atom. The summed E-state index contributed by atoms with van der Waals surface area (Å²) in [6.07, 6.45) is 2.61. The van der Waals surface area contributed by atoms with Gasteiger partial charge in [0.15, 0.2) is 0 Å². The van der Waals surface area contributed by atoms with Crippen LogP contribution in [-0.4, -0.2) is 35.1 Å². The van der Waals surface area contributed by atoms with E-state index in [0.717, 1.165) is 18.4 Å². The summed E-state index contributed by atoms with van der Waals surface area (Å²) < 4.78 is 5.37. The fourth-order valence-electron chi connectivity index (χ4n) is 3.47. The number of ketones is 1. The number of carbonyl (C=O) groups excluding carboxylic acids is 2. The number of rotatable bonds is 2. The zero-order valence-electron chi connectivity index (χ0n) is 12.5. The van der Waals surface area contributed by atoms with Crippen LogP contribution in [0.4, 0.5) is 4.79 Å². The molecule has 0 aromatic heterocycles. The van der Waals surface area contributed by atoms with Crippen LogP contribution in [0.15, 0.2) is 30.3 Å². The van der Waals surface area contributed by atoms with E-state index in [-0.39, 0.29) is 16.8 Å². The fourth-order valence-corrected chi connectivity index (χ4v) is 4.02. The molecule has 1 atom stereocenters. The van der Waals surface area contributed by atoms with E-state index < -0.39 is 0 Å². The number of amides is 1. The van der Waals surface area contributed by atoms with Crippen LogP contribution in [0.2, 0.25) is 0 Å². The Balaban J connectivity index is 1.51. The van der Waals surface area contributed by atoms with Crippen molar-refractivity contribution in [2.24, 2.45) is 5.41 Å². The summed E-state index contributed by atoms with van der Waals surface area (Å²) in [4.78, 5) is 25.5. The molecule has 4 nitrogen and oxygen atoms in total. The van der Waals surface area contributed by atoms with E-state index in [4.69, 9.17) is 4.74 Å². The van der Waals surface area contributed by atoms with Crippen molar-refractivity contribution in [2.75, 3.05) is 13.1 Å². The fraction of sp³-hybridized carbons (Fsp3) is 0.529. The first-order chi connectivity index (χ1) is 10.6. The molecule has 118 valence electrons. The smallest absolute Gasteiger partial charge is 0.410 e. The number of piperidine rings is 1. The highest BCUT2D eigenvalue weighted by molar-refractivity contribution is 7.81. The third-order valence-electron chi connectivity index (χ3n) is 4.90. The number of nitrogens with zero attached hydrogens (tertiary/aromatic N) is 1.